The fourth-order valence-corrected chi connectivity index (χ4v) is 6.60. The number of methoxy groups -OCH3 is 1. The molecule has 200 valence electrons. The summed E-state index contributed by atoms with van der Waals surface area (Å²) in [7, 11) is 1.40. The molecule has 0 aromatic carbocycles. The van der Waals surface area contributed by atoms with E-state index in [1.807, 2.05) is 24.4 Å². The third kappa shape index (κ3) is 4.74. The fourth-order valence-electron chi connectivity index (χ4n) is 5.71. The Hall–Kier alpha value is -4.24. The number of nitrogens with one attached hydrogen (secondary N) is 2. The number of aromatic nitrogens is 5. The molecule has 2 fully saturated rings. The van der Waals surface area contributed by atoms with Crippen molar-refractivity contribution in [3.8, 4) is 28.0 Å². The average Bonchev–Trinajstić information content (AvgIpc) is 3.64. The number of fused-ring (bicyclic) bond motifs is 3. The molecule has 11 nitrogen and oxygen atoms in total. The van der Waals surface area contributed by atoms with Crippen LogP contribution in [0.2, 0.25) is 0 Å². The van der Waals surface area contributed by atoms with Crippen LogP contribution in [0.3, 0.4) is 0 Å². The highest BCUT2D eigenvalue weighted by atomic mass is 32.1. The van der Waals surface area contributed by atoms with Crippen molar-refractivity contribution in [2.24, 2.45) is 11.8 Å². The molecule has 6 rings (SSSR count). The van der Waals surface area contributed by atoms with Crippen LogP contribution in [0.15, 0.2) is 36.7 Å². The molecule has 2 aliphatic rings. The summed E-state index contributed by atoms with van der Waals surface area (Å²) in [6.45, 7) is 5.84. The number of rotatable bonds is 6. The first kappa shape index (κ1) is 25.1. The molecule has 4 aromatic heterocycles. The monoisotopic (exact) mass is 543 g/mol. The van der Waals surface area contributed by atoms with Gasteiger partial charge in [0.05, 0.1) is 41.3 Å². The zero-order chi connectivity index (χ0) is 27.1. The first-order valence-electron chi connectivity index (χ1n) is 13.0. The quantitative estimate of drug-likeness (QED) is 0.367. The van der Waals surface area contributed by atoms with Crippen LogP contribution < -0.4 is 15.5 Å². The number of alkyl carbamates (subject to hydrolysis) is 1. The molecule has 0 spiro atoms. The van der Waals surface area contributed by atoms with Gasteiger partial charge in [0, 0.05) is 37.1 Å². The molecule has 0 radical (unpaired) electrons. The van der Waals surface area contributed by atoms with E-state index < -0.39 is 0 Å². The molecule has 5 heterocycles. The lowest BCUT2D eigenvalue weighted by Gasteiger charge is -2.37. The molecule has 1 unspecified atom stereocenters. The standard InChI is InChI=1S/C27H29N9O2S/c1-15(2)31-21-9-22(23-7-6-19-8-16(10-28)11-30-36(19)23)29-12-20(21)25-33-34-26(39-25)35-13-17-4-5-18(14-35)24(17)32-27(37)38-3/h6-9,11-12,15,17-18,24H,4-5,13-14H2,1-3H3,(H,29,31)(H,32,37)/t17-,18+,24?. The minimum Gasteiger partial charge on any atom is -0.453 e. The minimum atomic E-state index is -0.361. The summed E-state index contributed by atoms with van der Waals surface area (Å²) in [5.74, 6) is 0.730. The van der Waals surface area contributed by atoms with Crippen molar-refractivity contribution in [2.75, 3.05) is 30.4 Å². The van der Waals surface area contributed by atoms with Gasteiger partial charge in [-0.05, 0) is 62.8 Å². The Bertz CT molecular complexity index is 1560. The molecule has 39 heavy (non-hydrogen) atoms. The molecule has 3 atom stereocenters. The zero-order valence-corrected chi connectivity index (χ0v) is 22.8. The number of carbonyl (C=O) groups is 1. The van der Waals surface area contributed by atoms with E-state index in [1.54, 1.807) is 28.1 Å². The summed E-state index contributed by atoms with van der Waals surface area (Å²) in [6.07, 6.45) is 5.19. The number of ether oxygens (including phenoxy) is 1. The average molecular weight is 544 g/mol. The third-order valence-electron chi connectivity index (χ3n) is 7.46. The topological polar surface area (TPSA) is 133 Å². The number of carbonyl (C=O) groups excluding carboxylic acids is 1. The number of nitriles is 1. The second kappa shape index (κ2) is 10.1. The van der Waals surface area contributed by atoms with Crippen LogP contribution >= 0.6 is 11.3 Å². The Balaban J connectivity index is 1.27. The smallest absolute Gasteiger partial charge is 0.407 e. The number of piperidine rings is 1. The first-order valence-corrected chi connectivity index (χ1v) is 13.8. The van der Waals surface area contributed by atoms with E-state index in [4.69, 9.17) is 9.72 Å². The van der Waals surface area contributed by atoms with Crippen LogP contribution in [-0.4, -0.2) is 63.2 Å². The Morgan fingerprint density at radius 1 is 1.18 bits per heavy atom. The van der Waals surface area contributed by atoms with Gasteiger partial charge in [-0.2, -0.15) is 10.4 Å². The summed E-state index contributed by atoms with van der Waals surface area (Å²) in [5.41, 5.74) is 4.76. The van der Waals surface area contributed by atoms with Crippen LogP contribution in [0, 0.1) is 23.2 Å². The van der Waals surface area contributed by atoms with Crippen LogP contribution in [-0.2, 0) is 4.74 Å². The predicted octanol–water partition coefficient (Wildman–Crippen LogP) is 4.18. The second-order valence-corrected chi connectivity index (χ2v) is 11.3. The van der Waals surface area contributed by atoms with Crippen molar-refractivity contribution in [3.63, 3.8) is 0 Å². The van der Waals surface area contributed by atoms with Gasteiger partial charge in [-0.25, -0.2) is 9.31 Å². The third-order valence-corrected chi connectivity index (χ3v) is 8.48. The van der Waals surface area contributed by atoms with Gasteiger partial charge in [0.1, 0.15) is 6.07 Å². The molecule has 1 amide bonds. The van der Waals surface area contributed by atoms with Gasteiger partial charge in [0.15, 0.2) is 5.01 Å². The maximum absolute atomic E-state index is 11.8. The summed E-state index contributed by atoms with van der Waals surface area (Å²) < 4.78 is 6.62. The van der Waals surface area contributed by atoms with E-state index in [0.717, 1.165) is 64.2 Å². The van der Waals surface area contributed by atoms with E-state index in [-0.39, 0.29) is 18.2 Å². The highest BCUT2D eigenvalue weighted by Crippen LogP contribution is 2.41. The predicted molar refractivity (Wildman–Crippen MR) is 149 cm³/mol. The van der Waals surface area contributed by atoms with Crippen molar-refractivity contribution in [2.45, 2.75) is 38.8 Å². The maximum Gasteiger partial charge on any atom is 0.407 e. The summed E-state index contributed by atoms with van der Waals surface area (Å²) >= 11 is 1.56. The number of hydrogen-bond donors (Lipinski definition) is 2. The van der Waals surface area contributed by atoms with Crippen LogP contribution in [0.5, 0.6) is 0 Å². The second-order valence-electron chi connectivity index (χ2n) is 10.4. The van der Waals surface area contributed by atoms with Gasteiger partial charge in [0.2, 0.25) is 5.13 Å². The van der Waals surface area contributed by atoms with Crippen molar-refractivity contribution in [3.05, 3.63) is 42.2 Å². The van der Waals surface area contributed by atoms with E-state index in [9.17, 15) is 10.1 Å². The molecular weight excluding hydrogens is 514 g/mol. The number of pyridine rings is 1. The van der Waals surface area contributed by atoms with Crippen LogP contribution in [0.1, 0.15) is 32.3 Å². The lowest BCUT2D eigenvalue weighted by Crippen LogP contribution is -2.52. The van der Waals surface area contributed by atoms with Gasteiger partial charge in [0.25, 0.3) is 0 Å². The van der Waals surface area contributed by atoms with Crippen molar-refractivity contribution < 1.29 is 9.53 Å². The van der Waals surface area contributed by atoms with Crippen LogP contribution in [0.25, 0.3) is 27.5 Å². The summed E-state index contributed by atoms with van der Waals surface area (Å²) in [6, 6.07) is 10.2. The summed E-state index contributed by atoms with van der Waals surface area (Å²) in [5, 5.41) is 31.0. The molecule has 1 aliphatic heterocycles. The van der Waals surface area contributed by atoms with Gasteiger partial charge in [-0.3, -0.25) is 4.98 Å². The molecule has 2 bridgehead atoms. The van der Waals surface area contributed by atoms with Gasteiger partial charge >= 0.3 is 6.09 Å². The fraction of sp³-hybridized carbons (Fsp3) is 0.407. The molecule has 1 saturated carbocycles. The highest BCUT2D eigenvalue weighted by molar-refractivity contribution is 7.18. The molecule has 12 heteroatoms. The molecule has 1 saturated heterocycles. The Morgan fingerprint density at radius 3 is 2.69 bits per heavy atom. The number of anilines is 2. The SMILES string of the molecule is COC(=O)NC1[C@@H]2CC[C@H]1CN(c1nnc(-c3cnc(-c4ccc5cc(C#N)cnn45)cc3NC(C)C)s1)C2. The normalized spacial score (nSPS) is 20.3. The lowest BCUT2D eigenvalue weighted by molar-refractivity contribution is 0.157. The Morgan fingerprint density at radius 2 is 1.97 bits per heavy atom. The number of amides is 1. The molecule has 4 aromatic rings. The molecular formula is C27H29N9O2S. The van der Waals surface area contributed by atoms with Crippen molar-refractivity contribution in [1.29, 1.82) is 5.26 Å². The van der Waals surface area contributed by atoms with E-state index in [2.05, 4.69) is 50.7 Å². The lowest BCUT2D eigenvalue weighted by atomic mass is 9.92. The number of hydrogen-bond acceptors (Lipinski definition) is 10. The van der Waals surface area contributed by atoms with Gasteiger partial charge in [-0.1, -0.05) is 11.3 Å². The number of nitrogens with zero attached hydrogens (tertiary/aromatic N) is 7. The molecule has 2 N–H and O–H groups in total. The Labute approximate surface area is 229 Å². The minimum absolute atomic E-state index is 0.144. The first-order chi connectivity index (χ1) is 18.9. The summed E-state index contributed by atoms with van der Waals surface area (Å²) in [4.78, 5) is 18.9. The Kier molecular flexibility index (Phi) is 6.52. The molecule has 1 aliphatic carbocycles. The van der Waals surface area contributed by atoms with Gasteiger partial charge < -0.3 is 20.3 Å². The maximum atomic E-state index is 11.8. The largest absolute Gasteiger partial charge is 0.453 e. The van der Waals surface area contributed by atoms with E-state index in [1.165, 1.54) is 7.11 Å². The van der Waals surface area contributed by atoms with E-state index >= 15 is 0 Å². The highest BCUT2D eigenvalue weighted by Gasteiger charge is 2.43. The van der Waals surface area contributed by atoms with Gasteiger partial charge in [-0.15, -0.1) is 10.2 Å². The van der Waals surface area contributed by atoms with Crippen LogP contribution in [0.4, 0.5) is 15.6 Å². The van der Waals surface area contributed by atoms with Crippen molar-refractivity contribution >= 4 is 33.8 Å². The zero-order valence-electron chi connectivity index (χ0n) is 22.0. The van der Waals surface area contributed by atoms with Crippen molar-refractivity contribution in [1.82, 2.24) is 30.1 Å². The van der Waals surface area contributed by atoms with E-state index in [0.29, 0.717) is 17.4 Å².